The van der Waals surface area contributed by atoms with E-state index < -0.39 is 35.5 Å². The first-order valence-corrected chi connectivity index (χ1v) is 17.2. The summed E-state index contributed by atoms with van der Waals surface area (Å²) in [5, 5.41) is 18.4. The first kappa shape index (κ1) is 37.5. The Bertz CT molecular complexity index is 1420. The molecule has 2 aromatic carbocycles. The third-order valence-electron chi connectivity index (χ3n) is 9.52. The lowest BCUT2D eigenvalue weighted by Gasteiger charge is -2.40. The number of carbonyl (C=O) groups is 5. The van der Waals surface area contributed by atoms with Crippen LogP contribution in [0.15, 0.2) is 60.7 Å². The average molecular weight is 678 g/mol. The van der Waals surface area contributed by atoms with Gasteiger partial charge in [-0.3, -0.25) is 24.0 Å². The quantitative estimate of drug-likeness (QED) is 0.129. The number of unbranched alkanes of at least 4 members (excludes halogenated alkanes) is 1. The smallest absolute Gasteiger partial charge is 0.323 e. The molecule has 2 aromatic rings. The summed E-state index contributed by atoms with van der Waals surface area (Å²) in [5.41, 5.74) is 12.4. The van der Waals surface area contributed by atoms with E-state index in [1.807, 2.05) is 67.6 Å². The molecule has 13 heteroatoms. The Morgan fingerprint density at radius 2 is 1.61 bits per heavy atom. The molecule has 13 nitrogen and oxygen atoms in total. The van der Waals surface area contributed by atoms with E-state index in [-0.39, 0.29) is 62.7 Å². The van der Waals surface area contributed by atoms with Crippen LogP contribution in [0.4, 0.5) is 0 Å². The highest BCUT2D eigenvalue weighted by molar-refractivity contribution is 5.96. The number of hydrogen-bond donors (Lipinski definition) is 6. The number of nitrogens with zero attached hydrogens (tertiary/aromatic N) is 2. The Kier molecular flexibility index (Phi) is 13.7. The molecular weight excluding hydrogens is 626 g/mol. The van der Waals surface area contributed by atoms with Gasteiger partial charge in [-0.05, 0) is 76.1 Å². The predicted molar refractivity (Wildman–Crippen MR) is 185 cm³/mol. The van der Waals surface area contributed by atoms with Gasteiger partial charge in [-0.2, -0.15) is 0 Å². The molecule has 2 fully saturated rings. The van der Waals surface area contributed by atoms with Crippen molar-refractivity contribution in [1.29, 1.82) is 0 Å². The van der Waals surface area contributed by atoms with Crippen molar-refractivity contribution in [1.82, 2.24) is 25.8 Å². The molecule has 0 aromatic heterocycles. The molecule has 8 N–H and O–H groups in total. The number of carboxylic acid groups (broad SMARTS) is 1. The van der Waals surface area contributed by atoms with Crippen LogP contribution in [0, 0.1) is 0 Å². The van der Waals surface area contributed by atoms with Crippen molar-refractivity contribution in [3.63, 3.8) is 0 Å². The van der Waals surface area contributed by atoms with Gasteiger partial charge in [0.05, 0.1) is 6.54 Å². The largest absolute Gasteiger partial charge is 0.480 e. The molecule has 4 amide bonds. The molecule has 2 aliphatic rings. The lowest BCUT2D eigenvalue weighted by atomic mass is 9.88. The summed E-state index contributed by atoms with van der Waals surface area (Å²) in [6.45, 7) is 3.26. The Balaban J connectivity index is 1.41. The molecule has 4 atom stereocenters. The fourth-order valence-electron chi connectivity index (χ4n) is 6.60. The third kappa shape index (κ3) is 10.3. The van der Waals surface area contributed by atoms with Gasteiger partial charge in [0, 0.05) is 25.6 Å². The van der Waals surface area contributed by atoms with Gasteiger partial charge in [0.15, 0.2) is 0 Å². The van der Waals surface area contributed by atoms with E-state index in [0.717, 1.165) is 17.5 Å². The number of aliphatic carboxylic acids is 1. The van der Waals surface area contributed by atoms with Gasteiger partial charge in [0.25, 0.3) is 0 Å². The summed E-state index contributed by atoms with van der Waals surface area (Å²) >= 11 is 0. The van der Waals surface area contributed by atoms with Crippen molar-refractivity contribution in [3.05, 3.63) is 71.8 Å². The van der Waals surface area contributed by atoms with E-state index >= 15 is 0 Å². The van der Waals surface area contributed by atoms with E-state index in [2.05, 4.69) is 16.0 Å². The highest BCUT2D eigenvalue weighted by Crippen LogP contribution is 2.28. The molecular formula is C36H51N7O6. The molecule has 0 bridgehead atoms. The first-order chi connectivity index (χ1) is 23.5. The number of carboxylic acids is 1. The van der Waals surface area contributed by atoms with Gasteiger partial charge in [-0.25, -0.2) is 0 Å². The molecule has 2 heterocycles. The van der Waals surface area contributed by atoms with Crippen LogP contribution in [0.2, 0.25) is 0 Å². The van der Waals surface area contributed by atoms with Crippen LogP contribution >= 0.6 is 0 Å². The highest BCUT2D eigenvalue weighted by Gasteiger charge is 2.46. The van der Waals surface area contributed by atoms with Crippen LogP contribution in [-0.4, -0.2) is 107 Å². The van der Waals surface area contributed by atoms with E-state index in [9.17, 15) is 29.1 Å². The fraction of sp³-hybridized carbons (Fsp3) is 0.528. The van der Waals surface area contributed by atoms with Crippen LogP contribution in [0.5, 0.6) is 0 Å². The van der Waals surface area contributed by atoms with Crippen LogP contribution in [0.3, 0.4) is 0 Å². The molecule has 0 radical (unpaired) electrons. The number of carbonyl (C=O) groups excluding carboxylic acids is 4. The minimum atomic E-state index is -1.39. The van der Waals surface area contributed by atoms with Gasteiger partial charge in [0.1, 0.15) is 23.7 Å². The highest BCUT2D eigenvalue weighted by atomic mass is 16.4. The van der Waals surface area contributed by atoms with Crippen LogP contribution in [0.1, 0.15) is 56.6 Å². The maximum absolute atomic E-state index is 13.9. The fourth-order valence-corrected chi connectivity index (χ4v) is 6.60. The zero-order valence-corrected chi connectivity index (χ0v) is 28.3. The SMILES string of the molecule is CC1C[C@@H](NC(=O)[C@@H](Cc2ccccc2)NC(=O)CNCCc2ccccc2)C(=O)N1[C@H](CCCCN)C(=O)N1CCC(N)(C(=O)O)CC1. The van der Waals surface area contributed by atoms with Crippen molar-refractivity contribution in [2.75, 3.05) is 32.7 Å². The number of piperidine rings is 1. The molecule has 0 aliphatic carbocycles. The first-order valence-electron chi connectivity index (χ1n) is 17.2. The zero-order valence-electron chi connectivity index (χ0n) is 28.3. The Hall–Kier alpha value is -4.33. The van der Waals surface area contributed by atoms with Crippen molar-refractivity contribution < 1.29 is 29.1 Å². The van der Waals surface area contributed by atoms with Crippen LogP contribution < -0.4 is 27.4 Å². The number of benzene rings is 2. The summed E-state index contributed by atoms with van der Waals surface area (Å²) in [7, 11) is 0. The number of nitrogens with two attached hydrogens (primary N) is 2. The normalized spacial score (nSPS) is 20.0. The minimum absolute atomic E-state index is 0.0272. The number of hydrogen-bond acceptors (Lipinski definition) is 8. The van der Waals surface area contributed by atoms with Gasteiger partial charge in [-0.15, -0.1) is 0 Å². The number of likely N-dealkylation sites (tertiary alicyclic amines) is 2. The van der Waals surface area contributed by atoms with Gasteiger partial charge < -0.3 is 42.3 Å². The van der Waals surface area contributed by atoms with Crippen molar-refractivity contribution >= 4 is 29.6 Å². The molecule has 1 unspecified atom stereocenters. The van der Waals surface area contributed by atoms with E-state index in [1.165, 1.54) is 0 Å². The Morgan fingerprint density at radius 3 is 2.22 bits per heavy atom. The second-order valence-electron chi connectivity index (χ2n) is 13.2. The van der Waals surface area contributed by atoms with Crippen LogP contribution in [0.25, 0.3) is 0 Å². The molecule has 266 valence electrons. The maximum atomic E-state index is 13.9. The lowest BCUT2D eigenvalue weighted by molar-refractivity contribution is -0.151. The molecule has 2 saturated heterocycles. The molecule has 4 rings (SSSR count). The lowest BCUT2D eigenvalue weighted by Crippen LogP contribution is -2.60. The number of nitrogens with one attached hydrogen (secondary N) is 3. The van der Waals surface area contributed by atoms with Gasteiger partial charge in [-0.1, -0.05) is 60.7 Å². The number of rotatable bonds is 17. The summed E-state index contributed by atoms with van der Waals surface area (Å²) < 4.78 is 0. The monoisotopic (exact) mass is 677 g/mol. The third-order valence-corrected chi connectivity index (χ3v) is 9.52. The van der Waals surface area contributed by atoms with Crippen molar-refractivity contribution in [2.45, 2.75) is 88.0 Å². The molecule has 0 saturated carbocycles. The van der Waals surface area contributed by atoms with Crippen LogP contribution in [-0.2, 0) is 36.8 Å². The maximum Gasteiger partial charge on any atom is 0.323 e. The Morgan fingerprint density at radius 1 is 0.980 bits per heavy atom. The molecule has 2 aliphatic heterocycles. The molecule has 0 spiro atoms. The summed E-state index contributed by atoms with van der Waals surface area (Å²) in [6.07, 6.45) is 3.19. The standard InChI is InChI=1S/C36H51N7O6/c1-25-22-29(33(46)43(25)30(14-8-9-18-37)34(47)42-20-16-36(38,17-21-42)35(48)49)41-32(45)28(23-27-12-6-3-7-13-27)40-31(44)24-39-19-15-26-10-4-2-5-11-26/h2-7,10-13,25,28-30,39H,8-9,14-24,37-38H2,1H3,(H,40,44)(H,41,45)(H,48,49)/t25?,28-,29-,30-/m1/s1. The summed E-state index contributed by atoms with van der Waals surface area (Å²) in [4.78, 5) is 69.3. The summed E-state index contributed by atoms with van der Waals surface area (Å²) in [6, 6.07) is 16.3. The second-order valence-corrected chi connectivity index (χ2v) is 13.2. The van der Waals surface area contributed by atoms with Gasteiger partial charge >= 0.3 is 5.97 Å². The summed E-state index contributed by atoms with van der Waals surface area (Å²) in [5.74, 6) is -2.54. The van der Waals surface area contributed by atoms with E-state index in [4.69, 9.17) is 11.5 Å². The predicted octanol–water partition coefficient (Wildman–Crippen LogP) is 0.554. The number of amides is 4. The topological polar surface area (TPSA) is 200 Å². The van der Waals surface area contributed by atoms with Crippen molar-refractivity contribution in [3.8, 4) is 0 Å². The van der Waals surface area contributed by atoms with Gasteiger partial charge in [0.2, 0.25) is 23.6 Å². The van der Waals surface area contributed by atoms with E-state index in [1.54, 1.807) is 9.80 Å². The molecule has 49 heavy (non-hydrogen) atoms. The average Bonchev–Trinajstić information content (AvgIpc) is 3.37. The zero-order chi connectivity index (χ0) is 35.4. The Labute approximate surface area is 288 Å². The van der Waals surface area contributed by atoms with Crippen molar-refractivity contribution in [2.24, 2.45) is 11.5 Å². The van der Waals surface area contributed by atoms with E-state index in [0.29, 0.717) is 38.8 Å². The second kappa shape index (κ2) is 17.9. The minimum Gasteiger partial charge on any atom is -0.480 e.